The highest BCUT2D eigenvalue weighted by Crippen LogP contribution is 2.03. The Morgan fingerprint density at radius 1 is 0.565 bits per heavy atom. The fourth-order valence-electron chi connectivity index (χ4n) is 1.07. The van der Waals surface area contributed by atoms with Crippen molar-refractivity contribution in [2.75, 3.05) is 53.9 Å². The molecule has 0 rings (SSSR count). The zero-order valence-corrected chi connectivity index (χ0v) is 10.2. The van der Waals surface area contributed by atoms with E-state index in [1.807, 2.05) is 0 Å². The molecule has 0 aromatic heterocycles. The highest BCUT2D eigenvalue weighted by molar-refractivity contribution is 4.54. The van der Waals surface area contributed by atoms with Gasteiger partial charge in [0.25, 0.3) is 0 Å². The maximum Gasteiger partial charge on any atom is 0.0700 e. The van der Waals surface area contributed by atoms with Crippen LogP contribution >= 0.6 is 0 Å². The Hall–Kier alpha value is -0.160. The van der Waals surface area contributed by atoms with E-state index >= 15 is 0 Å². The van der Waals surface area contributed by atoms with Crippen molar-refractivity contribution in [3.05, 3.63) is 0 Å². The number of methoxy groups -OCH3 is 2. The van der Waals surface area contributed by atoms with Crippen molar-refractivity contribution in [2.24, 2.45) is 5.92 Å². The Labute approximate surface area is 152 Å². The van der Waals surface area contributed by atoms with Crippen molar-refractivity contribution >= 4 is 0 Å². The summed E-state index contributed by atoms with van der Waals surface area (Å²) in [4.78, 5) is 0. The zero-order chi connectivity index (χ0) is 11.4. The van der Waals surface area contributed by atoms with E-state index in [0.717, 1.165) is 19.6 Å². The first-order chi connectivity index (χ1) is 7.35. The largest absolute Gasteiger partial charge is 0.382 e. The molecule has 0 heterocycles. The lowest BCUT2D eigenvalue weighted by Gasteiger charge is -2.15. The summed E-state index contributed by atoms with van der Waals surface area (Å²) in [6.45, 7) is 6.25. The molecule has 0 aromatic carbocycles. The van der Waals surface area contributed by atoms with Gasteiger partial charge in [0.2, 0.25) is 0 Å². The molecule has 0 amide bonds. The Morgan fingerprint density at radius 2 is 0.870 bits per heavy atom. The lowest BCUT2D eigenvalue weighted by Crippen LogP contribution is -2.18. The lowest BCUT2D eigenvalue weighted by atomic mass is 10.1. The van der Waals surface area contributed by atoms with Crippen LogP contribution < -0.4 is 0 Å². The van der Waals surface area contributed by atoms with E-state index in [9.17, 15) is 0 Å². The normalized spacial score (nSPS) is 7.30. The Kier molecular flexibility index (Phi) is 122. The molecule has 0 atom stereocenters. The van der Waals surface area contributed by atoms with Crippen LogP contribution in [-0.2, 0) is 18.9 Å². The van der Waals surface area contributed by atoms with Gasteiger partial charge in [-0.3, -0.25) is 0 Å². The standard InChI is InChI=1S/C11H24O4.8CH4/c1-4-11(9-14-7-5-12-2)10-15-8-6-13-3;;;;;;;;/h11H,4-10H2,1-3H3;8*1H4. The maximum atomic E-state index is 5.45. The van der Waals surface area contributed by atoms with Gasteiger partial charge in [-0.05, 0) is 6.42 Å². The second-order valence-electron chi connectivity index (χ2n) is 3.41. The topological polar surface area (TPSA) is 36.9 Å². The maximum absolute atomic E-state index is 5.45. The van der Waals surface area contributed by atoms with Crippen LogP contribution in [0.5, 0.6) is 0 Å². The molecule has 0 fully saturated rings. The Morgan fingerprint density at radius 3 is 1.09 bits per heavy atom. The van der Waals surface area contributed by atoms with Crippen molar-refractivity contribution in [2.45, 2.75) is 72.8 Å². The number of hydrogen-bond donors (Lipinski definition) is 0. The molecule has 0 bridgehead atoms. The Balaban J connectivity index is -0.0000000350. The average Bonchev–Trinajstić information content (AvgIpc) is 2.27. The summed E-state index contributed by atoms with van der Waals surface area (Å²) in [6, 6.07) is 0. The van der Waals surface area contributed by atoms with Gasteiger partial charge in [0, 0.05) is 20.1 Å². The molecule has 4 heteroatoms. The molecule has 156 valence electrons. The van der Waals surface area contributed by atoms with E-state index < -0.39 is 0 Å². The van der Waals surface area contributed by atoms with Gasteiger partial charge in [-0.25, -0.2) is 0 Å². The van der Waals surface area contributed by atoms with E-state index in [2.05, 4.69) is 6.92 Å². The molecule has 0 aliphatic heterocycles. The zero-order valence-electron chi connectivity index (χ0n) is 10.2. The molecule has 0 N–H and O–H groups in total. The van der Waals surface area contributed by atoms with Crippen LogP contribution in [-0.4, -0.2) is 53.9 Å². The molecular weight excluding hydrogens is 292 g/mol. The summed E-state index contributed by atoms with van der Waals surface area (Å²) >= 11 is 0. The van der Waals surface area contributed by atoms with Gasteiger partial charge in [0.05, 0.1) is 39.6 Å². The summed E-state index contributed by atoms with van der Waals surface area (Å²) in [5, 5.41) is 0. The van der Waals surface area contributed by atoms with Crippen LogP contribution in [0.2, 0.25) is 0 Å². The van der Waals surface area contributed by atoms with E-state index in [-0.39, 0.29) is 59.4 Å². The van der Waals surface area contributed by atoms with Crippen LogP contribution in [0.1, 0.15) is 72.8 Å². The van der Waals surface area contributed by atoms with Crippen LogP contribution in [0.4, 0.5) is 0 Å². The van der Waals surface area contributed by atoms with Crippen molar-refractivity contribution in [1.29, 1.82) is 0 Å². The van der Waals surface area contributed by atoms with Gasteiger partial charge in [-0.2, -0.15) is 0 Å². The van der Waals surface area contributed by atoms with Gasteiger partial charge in [0.1, 0.15) is 0 Å². The molecule has 0 aliphatic rings. The van der Waals surface area contributed by atoms with E-state index in [0.29, 0.717) is 32.3 Å². The number of rotatable bonds is 11. The lowest BCUT2D eigenvalue weighted by molar-refractivity contribution is 0.00654. The SMILES string of the molecule is C.C.C.C.C.C.C.C.CCC(COCCOC)COCCOC. The fourth-order valence-corrected chi connectivity index (χ4v) is 1.07. The number of hydrogen-bond acceptors (Lipinski definition) is 4. The first-order valence-corrected chi connectivity index (χ1v) is 5.48. The summed E-state index contributed by atoms with van der Waals surface area (Å²) in [7, 11) is 3.35. The molecule has 0 aromatic rings. The molecule has 0 unspecified atom stereocenters. The van der Waals surface area contributed by atoms with Crippen molar-refractivity contribution in [3.8, 4) is 0 Å². The van der Waals surface area contributed by atoms with E-state index in [4.69, 9.17) is 18.9 Å². The predicted molar refractivity (Wildman–Crippen MR) is 113 cm³/mol. The smallest absolute Gasteiger partial charge is 0.0700 e. The number of ether oxygens (including phenoxy) is 4. The molecule has 0 radical (unpaired) electrons. The molecule has 0 saturated carbocycles. The van der Waals surface area contributed by atoms with Gasteiger partial charge >= 0.3 is 0 Å². The minimum Gasteiger partial charge on any atom is -0.382 e. The van der Waals surface area contributed by atoms with Gasteiger partial charge in [-0.15, -0.1) is 0 Å². The second kappa shape index (κ2) is 49.5. The summed E-state index contributed by atoms with van der Waals surface area (Å²) < 4.78 is 20.7. The minimum absolute atomic E-state index is 0. The van der Waals surface area contributed by atoms with Gasteiger partial charge in [0.15, 0.2) is 0 Å². The van der Waals surface area contributed by atoms with Crippen molar-refractivity contribution in [1.82, 2.24) is 0 Å². The van der Waals surface area contributed by atoms with Crippen LogP contribution in [0.25, 0.3) is 0 Å². The second-order valence-corrected chi connectivity index (χ2v) is 3.41. The first-order valence-electron chi connectivity index (χ1n) is 5.48. The molecule has 0 spiro atoms. The summed E-state index contributed by atoms with van der Waals surface area (Å²) in [6.07, 6.45) is 1.07. The highest BCUT2D eigenvalue weighted by Gasteiger charge is 2.06. The fraction of sp³-hybridized carbons (Fsp3) is 1.00. The summed E-state index contributed by atoms with van der Waals surface area (Å²) in [5.41, 5.74) is 0. The van der Waals surface area contributed by atoms with Gasteiger partial charge in [-0.1, -0.05) is 66.3 Å². The van der Waals surface area contributed by atoms with E-state index in [1.54, 1.807) is 14.2 Å². The predicted octanol–water partition coefficient (Wildman–Crippen LogP) is 6.43. The molecule has 23 heavy (non-hydrogen) atoms. The van der Waals surface area contributed by atoms with Gasteiger partial charge < -0.3 is 18.9 Å². The van der Waals surface area contributed by atoms with Crippen molar-refractivity contribution < 1.29 is 18.9 Å². The van der Waals surface area contributed by atoms with E-state index in [1.165, 1.54) is 0 Å². The van der Waals surface area contributed by atoms with Crippen LogP contribution in [0.3, 0.4) is 0 Å². The quantitative estimate of drug-likeness (QED) is 0.403. The third kappa shape index (κ3) is 44.9. The monoisotopic (exact) mass is 348 g/mol. The first kappa shape index (κ1) is 56.9. The van der Waals surface area contributed by atoms with Crippen molar-refractivity contribution in [3.63, 3.8) is 0 Å². The highest BCUT2D eigenvalue weighted by atomic mass is 16.5. The van der Waals surface area contributed by atoms with Crippen LogP contribution in [0.15, 0.2) is 0 Å². The molecular formula is C19H56O4. The molecule has 4 nitrogen and oxygen atoms in total. The molecule has 0 saturated heterocycles. The third-order valence-corrected chi connectivity index (χ3v) is 2.15. The van der Waals surface area contributed by atoms with Crippen LogP contribution in [0, 0.1) is 5.92 Å². The third-order valence-electron chi connectivity index (χ3n) is 2.15. The Bertz CT molecular complexity index is 110. The average molecular weight is 349 g/mol. The minimum atomic E-state index is 0. The summed E-state index contributed by atoms with van der Waals surface area (Å²) in [5.74, 6) is 0.471. The molecule has 0 aliphatic carbocycles.